The van der Waals surface area contributed by atoms with Gasteiger partial charge in [-0.1, -0.05) is 36.8 Å². The molecule has 1 aromatic carbocycles. The van der Waals surface area contributed by atoms with Gasteiger partial charge in [0.1, 0.15) is 0 Å². The number of likely N-dealkylation sites (tertiary alicyclic amines) is 1. The molecule has 0 saturated carbocycles. The third-order valence-corrected chi connectivity index (χ3v) is 5.27. The Morgan fingerprint density at radius 1 is 1.28 bits per heavy atom. The molecule has 1 unspecified atom stereocenters. The molecule has 0 spiro atoms. The number of piperidine rings is 1. The Labute approximate surface area is 149 Å². The molecule has 2 heterocycles. The molecular weight excluding hydrogens is 338 g/mol. The third-order valence-electron chi connectivity index (χ3n) is 4.54. The lowest BCUT2D eigenvalue weighted by molar-refractivity contribution is 0.122. The molecular formula is C18H25N3O3S. The van der Waals surface area contributed by atoms with Crippen molar-refractivity contribution in [1.82, 2.24) is 14.6 Å². The van der Waals surface area contributed by atoms with Gasteiger partial charge in [-0.3, -0.25) is 4.90 Å². The molecule has 1 fully saturated rings. The number of hydrogen-bond donors (Lipinski definition) is 1. The molecule has 1 aliphatic rings. The second-order valence-corrected chi connectivity index (χ2v) is 8.39. The number of benzene rings is 1. The number of nitrogens with zero attached hydrogens (tertiary/aromatic N) is 2. The minimum atomic E-state index is -3.13. The number of sulfonamides is 1. The van der Waals surface area contributed by atoms with Gasteiger partial charge in [-0.25, -0.2) is 18.1 Å². The van der Waals surface area contributed by atoms with Crippen molar-refractivity contribution in [3.8, 4) is 11.3 Å². The highest BCUT2D eigenvalue weighted by molar-refractivity contribution is 7.88. The monoisotopic (exact) mass is 363 g/mol. The van der Waals surface area contributed by atoms with E-state index in [1.54, 1.807) is 6.20 Å². The van der Waals surface area contributed by atoms with Crippen LogP contribution in [0.4, 0.5) is 0 Å². The molecule has 0 radical (unpaired) electrons. The van der Waals surface area contributed by atoms with Crippen molar-refractivity contribution < 1.29 is 12.8 Å². The average molecular weight is 363 g/mol. The maximum atomic E-state index is 11.2. The van der Waals surface area contributed by atoms with Gasteiger partial charge in [-0.05, 0) is 25.8 Å². The zero-order valence-electron chi connectivity index (χ0n) is 14.5. The predicted molar refractivity (Wildman–Crippen MR) is 97.5 cm³/mol. The maximum Gasteiger partial charge on any atom is 0.209 e. The summed E-state index contributed by atoms with van der Waals surface area (Å²) in [6.07, 6.45) is 7.19. The Morgan fingerprint density at radius 2 is 2.08 bits per heavy atom. The van der Waals surface area contributed by atoms with Crippen molar-refractivity contribution >= 4 is 10.0 Å². The van der Waals surface area contributed by atoms with Crippen LogP contribution in [0.5, 0.6) is 0 Å². The van der Waals surface area contributed by atoms with Gasteiger partial charge < -0.3 is 4.42 Å². The molecule has 136 valence electrons. The maximum absolute atomic E-state index is 11.2. The van der Waals surface area contributed by atoms with Crippen LogP contribution in [0, 0.1) is 0 Å². The van der Waals surface area contributed by atoms with Gasteiger partial charge in [0.25, 0.3) is 0 Å². The molecule has 1 aliphatic heterocycles. The van der Waals surface area contributed by atoms with Crippen LogP contribution in [-0.2, 0) is 16.6 Å². The zero-order chi connectivity index (χ0) is 17.7. The average Bonchev–Trinajstić information content (AvgIpc) is 3.05. The summed E-state index contributed by atoms with van der Waals surface area (Å²) in [5, 5.41) is 0. The van der Waals surface area contributed by atoms with Crippen LogP contribution < -0.4 is 4.72 Å². The summed E-state index contributed by atoms with van der Waals surface area (Å²) < 4.78 is 31.0. The van der Waals surface area contributed by atoms with Crippen LogP contribution in [0.25, 0.3) is 11.3 Å². The molecule has 1 saturated heterocycles. The van der Waals surface area contributed by atoms with Gasteiger partial charge >= 0.3 is 0 Å². The summed E-state index contributed by atoms with van der Waals surface area (Å²) in [4.78, 5) is 6.78. The zero-order valence-corrected chi connectivity index (χ0v) is 15.3. The minimum Gasteiger partial charge on any atom is -0.439 e. The van der Waals surface area contributed by atoms with E-state index in [1.807, 2.05) is 30.3 Å². The van der Waals surface area contributed by atoms with Gasteiger partial charge in [0.05, 0.1) is 19.0 Å². The molecule has 1 N–H and O–H groups in total. The Bertz CT molecular complexity index is 774. The minimum absolute atomic E-state index is 0.357. The second-order valence-electron chi connectivity index (χ2n) is 6.56. The van der Waals surface area contributed by atoms with Crippen molar-refractivity contribution in [1.29, 1.82) is 0 Å². The Balaban J connectivity index is 1.61. The number of aromatic nitrogens is 1. The molecule has 0 amide bonds. The highest BCUT2D eigenvalue weighted by Gasteiger charge is 2.24. The van der Waals surface area contributed by atoms with Gasteiger partial charge in [0.15, 0.2) is 5.76 Å². The lowest BCUT2D eigenvalue weighted by Crippen LogP contribution is -2.41. The summed E-state index contributed by atoms with van der Waals surface area (Å²) in [7, 11) is -3.13. The highest BCUT2D eigenvalue weighted by Crippen LogP contribution is 2.24. The van der Waals surface area contributed by atoms with Gasteiger partial charge in [0.2, 0.25) is 15.9 Å². The van der Waals surface area contributed by atoms with E-state index in [-0.39, 0.29) is 0 Å². The smallest absolute Gasteiger partial charge is 0.209 e. The largest absolute Gasteiger partial charge is 0.439 e. The molecule has 25 heavy (non-hydrogen) atoms. The fourth-order valence-corrected chi connectivity index (χ4v) is 3.79. The fourth-order valence-electron chi connectivity index (χ4n) is 3.30. The van der Waals surface area contributed by atoms with Gasteiger partial charge in [-0.15, -0.1) is 0 Å². The SMILES string of the molecule is CS(=O)(=O)NCCC1CCCCN1Cc1ncc(-c2ccccc2)o1. The quantitative estimate of drug-likeness (QED) is 0.818. The van der Waals surface area contributed by atoms with Crippen LogP contribution in [0.1, 0.15) is 31.6 Å². The van der Waals surface area contributed by atoms with Gasteiger partial charge in [0, 0.05) is 18.2 Å². The first-order valence-electron chi connectivity index (χ1n) is 8.70. The van der Waals surface area contributed by atoms with Crippen LogP contribution >= 0.6 is 0 Å². The standard InChI is InChI=1S/C18H25N3O3S/c1-25(22,23)20-11-10-16-9-5-6-12-21(16)14-18-19-13-17(24-18)15-7-3-2-4-8-15/h2-4,7-8,13,16,20H,5-6,9-12,14H2,1H3. The Hall–Kier alpha value is -1.70. The topological polar surface area (TPSA) is 75.4 Å². The van der Waals surface area contributed by atoms with Crippen molar-refractivity contribution in [2.24, 2.45) is 0 Å². The van der Waals surface area contributed by atoms with Crippen LogP contribution in [0.2, 0.25) is 0 Å². The lowest BCUT2D eigenvalue weighted by atomic mass is 9.99. The lowest BCUT2D eigenvalue weighted by Gasteiger charge is -2.34. The van der Waals surface area contributed by atoms with Crippen molar-refractivity contribution in [2.75, 3.05) is 19.3 Å². The van der Waals surface area contributed by atoms with Crippen LogP contribution in [0.3, 0.4) is 0 Å². The molecule has 1 atom stereocenters. The molecule has 0 aliphatic carbocycles. The van der Waals surface area contributed by atoms with Crippen LogP contribution in [-0.4, -0.2) is 43.7 Å². The van der Waals surface area contributed by atoms with E-state index in [1.165, 1.54) is 12.7 Å². The van der Waals surface area contributed by atoms with Crippen molar-refractivity contribution in [3.63, 3.8) is 0 Å². The molecule has 7 heteroatoms. The first-order chi connectivity index (χ1) is 12.0. The fraction of sp³-hybridized carbons (Fsp3) is 0.500. The summed E-state index contributed by atoms with van der Waals surface area (Å²) in [5.74, 6) is 1.49. The van der Waals surface area contributed by atoms with E-state index in [4.69, 9.17) is 4.42 Å². The highest BCUT2D eigenvalue weighted by atomic mass is 32.2. The molecule has 0 bridgehead atoms. The molecule has 1 aromatic heterocycles. The summed E-state index contributed by atoms with van der Waals surface area (Å²) in [6, 6.07) is 10.3. The third kappa shape index (κ3) is 5.39. The normalized spacial score (nSPS) is 19.2. The second kappa shape index (κ2) is 8.12. The first kappa shape index (κ1) is 18.1. The predicted octanol–water partition coefficient (Wildman–Crippen LogP) is 2.64. The molecule has 2 aromatic rings. The van der Waals surface area contributed by atoms with Crippen molar-refractivity contribution in [2.45, 2.75) is 38.3 Å². The van der Waals surface area contributed by atoms with E-state index >= 15 is 0 Å². The molecule has 6 nitrogen and oxygen atoms in total. The summed E-state index contributed by atoms with van der Waals surface area (Å²) in [6.45, 7) is 2.13. The van der Waals surface area contributed by atoms with Crippen LogP contribution in [0.15, 0.2) is 40.9 Å². The van der Waals surface area contributed by atoms with E-state index < -0.39 is 10.0 Å². The van der Waals surface area contributed by atoms with E-state index in [0.29, 0.717) is 25.0 Å². The summed E-state index contributed by atoms with van der Waals surface area (Å²) in [5.41, 5.74) is 1.02. The van der Waals surface area contributed by atoms with E-state index in [0.717, 1.165) is 37.1 Å². The van der Waals surface area contributed by atoms with Gasteiger partial charge in [-0.2, -0.15) is 0 Å². The first-order valence-corrected chi connectivity index (χ1v) is 10.6. The number of nitrogens with one attached hydrogen (secondary N) is 1. The Kier molecular flexibility index (Phi) is 5.88. The van der Waals surface area contributed by atoms with E-state index in [2.05, 4.69) is 14.6 Å². The number of rotatable bonds is 7. The van der Waals surface area contributed by atoms with E-state index in [9.17, 15) is 8.42 Å². The summed E-state index contributed by atoms with van der Waals surface area (Å²) >= 11 is 0. The Morgan fingerprint density at radius 3 is 2.84 bits per heavy atom. The number of hydrogen-bond acceptors (Lipinski definition) is 5. The molecule has 3 rings (SSSR count). The number of oxazole rings is 1. The van der Waals surface area contributed by atoms with Crippen molar-refractivity contribution in [3.05, 3.63) is 42.4 Å².